The van der Waals surface area contributed by atoms with E-state index in [0.717, 1.165) is 12.8 Å². The quantitative estimate of drug-likeness (QED) is 0.0878. The van der Waals surface area contributed by atoms with Crippen LogP contribution in [0.25, 0.3) is 0 Å². The summed E-state index contributed by atoms with van der Waals surface area (Å²) in [6, 6.07) is -2.16. The highest BCUT2D eigenvalue weighted by atomic mass is 16.4. The second kappa shape index (κ2) is 41.1. The lowest BCUT2D eigenvalue weighted by Crippen LogP contribution is -2.34. The summed E-state index contributed by atoms with van der Waals surface area (Å²) in [5.41, 5.74) is 38.7. The van der Waals surface area contributed by atoms with Gasteiger partial charge >= 0.3 is 41.8 Å². The lowest BCUT2D eigenvalue weighted by Gasteiger charge is -2.07. The third-order valence-electron chi connectivity index (χ3n) is 3.38. The van der Waals surface area contributed by atoms with Crippen LogP contribution in [0.15, 0.2) is 0 Å². The molecule has 0 aliphatic rings. The van der Waals surface area contributed by atoms with Crippen molar-refractivity contribution < 1.29 is 69.3 Å². The summed E-state index contributed by atoms with van der Waals surface area (Å²) in [4.78, 5) is 66.7. The lowest BCUT2D eigenvalue weighted by molar-refractivity contribution is -0.140. The fourth-order valence-electron chi connectivity index (χ4n) is 0.917. The fourth-order valence-corrected chi connectivity index (χ4v) is 0.917. The number of carbonyl (C=O) groups is 7. The van der Waals surface area contributed by atoms with E-state index >= 15 is 0 Å². The molecule has 0 saturated heterocycles. The summed E-state index contributed by atoms with van der Waals surface area (Å²) in [5, 5.41) is 54.8. The van der Waals surface area contributed by atoms with Crippen molar-refractivity contribution in [2.75, 3.05) is 32.7 Å². The Bertz CT molecular complexity index is 715. The van der Waals surface area contributed by atoms with Gasteiger partial charge in [-0.3, -0.25) is 33.6 Å². The molecule has 0 aromatic rings. The van der Waals surface area contributed by atoms with Crippen molar-refractivity contribution in [3.8, 4) is 0 Å². The molecule has 0 saturated carbocycles. The van der Waals surface area contributed by atoms with E-state index in [9.17, 15) is 33.6 Å². The van der Waals surface area contributed by atoms with E-state index in [1.54, 1.807) is 13.8 Å². The highest BCUT2D eigenvalue weighted by Gasteiger charge is 2.14. The molecule has 0 rings (SSSR count). The van der Waals surface area contributed by atoms with Crippen LogP contribution >= 0.6 is 0 Å². The molecule has 264 valence electrons. The SMILES string of the molecule is CC(C)[C@H](N)C(=O)O.C[C@H](N)C(=O)O.NCC(=O)O.NCC(=O)O.NCC(=O)O.NCC(=O)O.NCCCC[C@H](N)C(=O)O. The van der Waals surface area contributed by atoms with E-state index in [-0.39, 0.29) is 32.1 Å². The van der Waals surface area contributed by atoms with Crippen LogP contribution in [0.4, 0.5) is 0 Å². The Kier molecular flexibility index (Phi) is 52.2. The Hall–Kier alpha value is -4.03. The van der Waals surface area contributed by atoms with Crippen LogP contribution in [-0.2, 0) is 33.6 Å². The van der Waals surface area contributed by atoms with Crippen LogP contribution in [0.1, 0.15) is 40.0 Å². The van der Waals surface area contributed by atoms with Gasteiger partial charge in [0.15, 0.2) is 0 Å². The van der Waals surface area contributed by atoms with Crippen LogP contribution < -0.4 is 45.9 Å². The number of carboxylic acid groups (broad SMARTS) is 7. The molecule has 0 radical (unpaired) electrons. The third-order valence-corrected chi connectivity index (χ3v) is 3.38. The Morgan fingerprint density at radius 1 is 0.500 bits per heavy atom. The first-order valence-electron chi connectivity index (χ1n) is 12.3. The zero-order valence-electron chi connectivity index (χ0n) is 25.1. The molecule has 0 fully saturated rings. The first-order chi connectivity index (χ1) is 20.0. The monoisotopic (exact) mass is 652 g/mol. The second-order valence-corrected chi connectivity index (χ2v) is 7.86. The van der Waals surface area contributed by atoms with Crippen LogP contribution in [0.3, 0.4) is 0 Å². The highest BCUT2D eigenvalue weighted by Crippen LogP contribution is 1.97. The first-order valence-corrected chi connectivity index (χ1v) is 12.3. The molecule has 3 atom stereocenters. The molecule has 0 aromatic heterocycles. The summed E-state index contributed by atoms with van der Waals surface area (Å²) < 4.78 is 0. The molecular weight excluding hydrogens is 600 g/mol. The van der Waals surface area contributed by atoms with Crippen molar-refractivity contribution in [2.45, 2.75) is 58.2 Å². The molecule has 0 heterocycles. The van der Waals surface area contributed by atoms with Crippen molar-refractivity contribution in [3.63, 3.8) is 0 Å². The molecule has 0 bridgehead atoms. The average Bonchev–Trinajstić information content (AvgIpc) is 2.94. The molecule has 0 aromatic carbocycles. The maximum atomic E-state index is 10.1. The molecule has 0 aliphatic carbocycles. The van der Waals surface area contributed by atoms with Gasteiger partial charge < -0.3 is 81.6 Å². The maximum Gasteiger partial charge on any atom is 0.320 e. The lowest BCUT2D eigenvalue weighted by atomic mass is 10.1. The molecule has 0 unspecified atom stereocenters. The van der Waals surface area contributed by atoms with Gasteiger partial charge in [-0.05, 0) is 32.2 Å². The zero-order chi connectivity index (χ0) is 37.0. The van der Waals surface area contributed by atoms with E-state index in [0.29, 0.717) is 13.0 Å². The van der Waals surface area contributed by atoms with Crippen molar-refractivity contribution >= 4 is 41.8 Å². The van der Waals surface area contributed by atoms with E-state index in [1.165, 1.54) is 6.92 Å². The number of rotatable bonds is 12. The summed E-state index contributed by atoms with van der Waals surface area (Å²) in [6.07, 6.45) is 2.16. The van der Waals surface area contributed by atoms with Gasteiger partial charge in [0.05, 0.1) is 26.2 Å². The summed E-state index contributed by atoms with van der Waals surface area (Å²) in [5.74, 6) is -6.68. The number of nitrogens with two attached hydrogens (primary N) is 8. The summed E-state index contributed by atoms with van der Waals surface area (Å²) >= 11 is 0. The molecule has 23 N–H and O–H groups in total. The van der Waals surface area contributed by atoms with Crippen molar-refractivity contribution in [1.29, 1.82) is 0 Å². The predicted octanol–water partition coefficient (Wildman–Crippen LogP) is -4.88. The normalized spacial score (nSPS) is 10.7. The minimum Gasteiger partial charge on any atom is -0.480 e. The Morgan fingerprint density at radius 3 is 0.841 bits per heavy atom. The van der Waals surface area contributed by atoms with E-state index in [1.807, 2.05) is 0 Å². The Labute approximate surface area is 254 Å². The second-order valence-electron chi connectivity index (χ2n) is 7.86. The average molecular weight is 653 g/mol. The van der Waals surface area contributed by atoms with Crippen molar-refractivity contribution in [3.05, 3.63) is 0 Å². The fraction of sp³-hybridized carbons (Fsp3) is 0.682. The number of hydrogen-bond acceptors (Lipinski definition) is 15. The highest BCUT2D eigenvalue weighted by molar-refractivity contribution is 5.73. The Morgan fingerprint density at radius 2 is 0.750 bits per heavy atom. The van der Waals surface area contributed by atoms with Gasteiger partial charge in [0.1, 0.15) is 18.1 Å². The van der Waals surface area contributed by atoms with Gasteiger partial charge in [0, 0.05) is 0 Å². The van der Waals surface area contributed by atoms with Gasteiger partial charge in [-0.15, -0.1) is 0 Å². The predicted molar refractivity (Wildman–Crippen MR) is 157 cm³/mol. The van der Waals surface area contributed by atoms with Crippen LogP contribution in [-0.4, -0.2) is 128 Å². The molecular formula is C22H52N8O14. The van der Waals surface area contributed by atoms with Crippen LogP contribution in [0.5, 0.6) is 0 Å². The number of unbranched alkanes of at least 4 members (excludes halogenated alkanes) is 1. The number of carboxylic acids is 7. The van der Waals surface area contributed by atoms with E-state index < -0.39 is 59.9 Å². The molecule has 0 amide bonds. The van der Waals surface area contributed by atoms with Gasteiger partial charge in [0.2, 0.25) is 0 Å². The van der Waals surface area contributed by atoms with Gasteiger partial charge in [-0.2, -0.15) is 0 Å². The van der Waals surface area contributed by atoms with Crippen molar-refractivity contribution in [1.82, 2.24) is 0 Å². The number of hydrogen-bond donors (Lipinski definition) is 15. The topological polar surface area (TPSA) is 469 Å². The number of aliphatic carboxylic acids is 7. The standard InChI is InChI=1S/C6H14N2O2.C5H11NO2.C3H7NO2.4C2H5NO2/c7-4-2-1-3-5(8)6(9)10;1-3(2)4(6)5(7)8;1-2(4)3(5)6;4*3-1-2(4)5/h5H,1-4,7-8H2,(H,9,10);3-4H,6H2,1-2H3,(H,7,8);2H,4H2,1H3,(H,5,6);4*1,3H2,(H,4,5)/t5-;4-;2-;;;;/m000..../s1. The molecule has 22 nitrogen and oxygen atoms in total. The zero-order valence-corrected chi connectivity index (χ0v) is 25.1. The first kappa shape index (κ1) is 55.8. The Balaban J connectivity index is -0.0000000741. The third kappa shape index (κ3) is 83.2. The molecule has 0 spiro atoms. The van der Waals surface area contributed by atoms with Crippen LogP contribution in [0, 0.1) is 5.92 Å². The minimum atomic E-state index is -0.968. The van der Waals surface area contributed by atoms with Gasteiger partial charge in [0.25, 0.3) is 0 Å². The van der Waals surface area contributed by atoms with Gasteiger partial charge in [-0.1, -0.05) is 20.3 Å². The summed E-state index contributed by atoms with van der Waals surface area (Å²) in [6.45, 7) is 4.46. The minimum absolute atomic E-state index is 0.0208. The van der Waals surface area contributed by atoms with E-state index in [4.69, 9.17) is 58.7 Å². The van der Waals surface area contributed by atoms with Crippen molar-refractivity contribution in [2.24, 2.45) is 51.8 Å². The van der Waals surface area contributed by atoms with E-state index in [2.05, 4.69) is 22.9 Å². The molecule has 0 aliphatic heterocycles. The van der Waals surface area contributed by atoms with Gasteiger partial charge in [-0.25, -0.2) is 0 Å². The molecule has 44 heavy (non-hydrogen) atoms. The smallest absolute Gasteiger partial charge is 0.320 e. The van der Waals surface area contributed by atoms with Crippen LogP contribution in [0.2, 0.25) is 0 Å². The molecule has 22 heteroatoms. The largest absolute Gasteiger partial charge is 0.480 e. The summed E-state index contributed by atoms with van der Waals surface area (Å²) in [7, 11) is 0. The maximum absolute atomic E-state index is 10.1.